The molecule has 4 rings (SSSR count). The van der Waals surface area contributed by atoms with Gasteiger partial charge in [-0.2, -0.15) is 0 Å². The van der Waals surface area contributed by atoms with Crippen LogP contribution >= 0.6 is 15.9 Å². The van der Waals surface area contributed by atoms with Crippen LogP contribution in [0.3, 0.4) is 0 Å². The number of nitrogens with zero attached hydrogens (tertiary/aromatic N) is 2. The molecule has 2 aromatic carbocycles. The van der Waals surface area contributed by atoms with Crippen LogP contribution in [0.5, 0.6) is 0 Å². The quantitative estimate of drug-likeness (QED) is 0.642. The average molecular weight is 410 g/mol. The number of halogens is 1. The van der Waals surface area contributed by atoms with Crippen LogP contribution in [0.2, 0.25) is 0 Å². The Morgan fingerprint density at radius 3 is 2.62 bits per heavy atom. The molecule has 0 atom stereocenters. The zero-order valence-electron chi connectivity index (χ0n) is 14.4. The summed E-state index contributed by atoms with van der Waals surface area (Å²) in [6.45, 7) is 2.17. The van der Waals surface area contributed by atoms with Crippen molar-refractivity contribution < 1.29 is 4.79 Å². The van der Waals surface area contributed by atoms with Crippen molar-refractivity contribution in [2.24, 2.45) is 0 Å². The number of carbonyl (C=O) groups is 1. The summed E-state index contributed by atoms with van der Waals surface area (Å²) < 4.78 is 0.782. The van der Waals surface area contributed by atoms with Gasteiger partial charge in [-0.15, -0.1) is 0 Å². The van der Waals surface area contributed by atoms with Gasteiger partial charge in [-0.25, -0.2) is 0 Å². The third kappa shape index (κ3) is 3.31. The zero-order chi connectivity index (χ0) is 17.9. The summed E-state index contributed by atoms with van der Waals surface area (Å²) in [4.78, 5) is 19.4. The van der Waals surface area contributed by atoms with Crippen molar-refractivity contribution in [2.45, 2.75) is 19.3 Å². The molecular weight excluding hydrogens is 390 g/mol. The van der Waals surface area contributed by atoms with E-state index in [2.05, 4.69) is 37.2 Å². The molecule has 1 fully saturated rings. The lowest BCUT2D eigenvalue weighted by molar-refractivity contribution is 0.102. The van der Waals surface area contributed by atoms with Crippen molar-refractivity contribution in [3.05, 3.63) is 64.9 Å². The zero-order valence-corrected chi connectivity index (χ0v) is 16.0. The number of piperidine rings is 1. The predicted molar refractivity (Wildman–Crippen MR) is 110 cm³/mol. The van der Waals surface area contributed by atoms with Crippen LogP contribution < -0.4 is 10.2 Å². The maximum atomic E-state index is 12.7. The van der Waals surface area contributed by atoms with E-state index >= 15 is 0 Å². The second-order valence-corrected chi connectivity index (χ2v) is 7.39. The van der Waals surface area contributed by atoms with Crippen LogP contribution in [-0.4, -0.2) is 24.0 Å². The Hall–Kier alpha value is -2.40. The summed E-state index contributed by atoms with van der Waals surface area (Å²) in [5.74, 6) is -0.131. The van der Waals surface area contributed by atoms with Crippen molar-refractivity contribution in [3.8, 4) is 0 Å². The van der Waals surface area contributed by atoms with Crippen LogP contribution in [0.25, 0.3) is 10.8 Å². The van der Waals surface area contributed by atoms with Crippen LogP contribution in [0.4, 0.5) is 11.4 Å². The monoisotopic (exact) mass is 409 g/mol. The molecule has 1 amide bonds. The van der Waals surface area contributed by atoms with Gasteiger partial charge in [0.05, 0.1) is 11.3 Å². The molecule has 0 radical (unpaired) electrons. The first-order valence-corrected chi connectivity index (χ1v) is 9.71. The molecule has 132 valence electrons. The fourth-order valence-electron chi connectivity index (χ4n) is 3.53. The summed E-state index contributed by atoms with van der Waals surface area (Å²) in [5, 5.41) is 5.14. The molecule has 0 unspecified atom stereocenters. The fraction of sp³-hybridized carbons (Fsp3) is 0.238. The van der Waals surface area contributed by atoms with Gasteiger partial charge in [0.2, 0.25) is 0 Å². The maximum Gasteiger partial charge on any atom is 0.256 e. The van der Waals surface area contributed by atoms with Gasteiger partial charge >= 0.3 is 0 Å². The second kappa shape index (κ2) is 7.46. The number of amides is 1. The van der Waals surface area contributed by atoms with Crippen molar-refractivity contribution in [1.29, 1.82) is 0 Å². The molecule has 1 N–H and O–H groups in total. The summed E-state index contributed by atoms with van der Waals surface area (Å²) in [6.07, 6.45) is 7.41. The molecule has 0 saturated carbocycles. The van der Waals surface area contributed by atoms with Crippen LogP contribution in [0.1, 0.15) is 29.6 Å². The van der Waals surface area contributed by atoms with Crippen LogP contribution in [0.15, 0.2) is 59.3 Å². The minimum atomic E-state index is -0.131. The van der Waals surface area contributed by atoms with Gasteiger partial charge in [0.15, 0.2) is 0 Å². The average Bonchev–Trinajstić information content (AvgIpc) is 2.69. The fourth-order valence-corrected chi connectivity index (χ4v) is 3.99. The van der Waals surface area contributed by atoms with E-state index in [1.54, 1.807) is 0 Å². The number of aromatic nitrogens is 1. The smallest absolute Gasteiger partial charge is 0.256 e. The van der Waals surface area contributed by atoms with Gasteiger partial charge in [-0.1, -0.05) is 12.1 Å². The number of benzene rings is 2. The highest BCUT2D eigenvalue weighted by atomic mass is 79.9. The highest BCUT2D eigenvalue weighted by Crippen LogP contribution is 2.33. The molecule has 1 aliphatic rings. The molecular formula is C21H20BrN3O. The maximum absolute atomic E-state index is 12.7. The van der Waals surface area contributed by atoms with E-state index in [0.29, 0.717) is 5.56 Å². The molecule has 0 spiro atoms. The molecule has 26 heavy (non-hydrogen) atoms. The first kappa shape index (κ1) is 17.0. The highest BCUT2D eigenvalue weighted by molar-refractivity contribution is 9.10. The largest absolute Gasteiger partial charge is 0.371 e. The molecule has 1 aromatic heterocycles. The number of pyridine rings is 1. The lowest BCUT2D eigenvalue weighted by Gasteiger charge is -2.30. The Balaban J connectivity index is 1.70. The SMILES string of the molecule is O=C(Nc1ccc(N2CCCCC2)c2ccncc12)c1ccccc1Br. The minimum absolute atomic E-state index is 0.131. The first-order valence-electron chi connectivity index (χ1n) is 8.91. The van der Waals surface area contributed by atoms with E-state index in [1.165, 1.54) is 24.9 Å². The number of anilines is 2. The number of hydrogen-bond donors (Lipinski definition) is 1. The highest BCUT2D eigenvalue weighted by Gasteiger charge is 2.17. The Morgan fingerprint density at radius 2 is 1.81 bits per heavy atom. The third-order valence-corrected chi connectivity index (χ3v) is 5.55. The molecule has 4 nitrogen and oxygen atoms in total. The Labute approximate surface area is 161 Å². The molecule has 3 aromatic rings. The number of carbonyl (C=O) groups excluding carboxylic acids is 1. The number of rotatable bonds is 3. The molecule has 1 saturated heterocycles. The van der Waals surface area contributed by atoms with Crippen molar-refractivity contribution in [3.63, 3.8) is 0 Å². The lowest BCUT2D eigenvalue weighted by atomic mass is 10.0. The lowest BCUT2D eigenvalue weighted by Crippen LogP contribution is -2.29. The summed E-state index contributed by atoms with van der Waals surface area (Å²) in [6, 6.07) is 13.6. The van der Waals surface area contributed by atoms with Crippen LogP contribution in [0, 0.1) is 0 Å². The van der Waals surface area contributed by atoms with Crippen LogP contribution in [-0.2, 0) is 0 Å². The molecule has 1 aliphatic heterocycles. The van der Waals surface area contributed by atoms with Crippen molar-refractivity contribution in [2.75, 3.05) is 23.3 Å². The Morgan fingerprint density at radius 1 is 1.00 bits per heavy atom. The normalized spacial score (nSPS) is 14.4. The van der Waals surface area contributed by atoms with E-state index in [1.807, 2.05) is 48.8 Å². The third-order valence-electron chi connectivity index (χ3n) is 4.86. The van der Waals surface area contributed by atoms with Gasteiger partial charge in [-0.05, 0) is 65.5 Å². The van der Waals surface area contributed by atoms with E-state index in [-0.39, 0.29) is 5.91 Å². The number of nitrogens with one attached hydrogen (secondary N) is 1. The molecule has 0 bridgehead atoms. The van der Waals surface area contributed by atoms with Crippen molar-refractivity contribution >= 4 is 44.0 Å². The van der Waals surface area contributed by atoms with Crippen molar-refractivity contribution in [1.82, 2.24) is 4.98 Å². The van der Waals surface area contributed by atoms with Gasteiger partial charge < -0.3 is 10.2 Å². The Bertz CT molecular complexity index is 951. The predicted octanol–water partition coefficient (Wildman–Crippen LogP) is 5.24. The standard InChI is InChI=1S/C21H20BrN3O/c22-18-7-3-2-6-16(18)21(26)24-19-8-9-20(25-12-4-1-5-13-25)15-10-11-23-14-17(15)19/h2-3,6-11,14H,1,4-5,12-13H2,(H,24,26). The molecule has 2 heterocycles. The van der Waals surface area contributed by atoms with E-state index < -0.39 is 0 Å². The van der Waals surface area contributed by atoms with Gasteiger partial charge in [0, 0.05) is 46.4 Å². The van der Waals surface area contributed by atoms with Gasteiger partial charge in [-0.3, -0.25) is 9.78 Å². The van der Waals surface area contributed by atoms with E-state index in [4.69, 9.17) is 0 Å². The topological polar surface area (TPSA) is 45.2 Å². The number of hydrogen-bond acceptors (Lipinski definition) is 3. The Kier molecular flexibility index (Phi) is 4.89. The summed E-state index contributed by atoms with van der Waals surface area (Å²) in [7, 11) is 0. The summed E-state index contributed by atoms with van der Waals surface area (Å²) >= 11 is 3.44. The van der Waals surface area contributed by atoms with Gasteiger partial charge in [0.25, 0.3) is 5.91 Å². The van der Waals surface area contributed by atoms with Gasteiger partial charge in [0.1, 0.15) is 0 Å². The first-order chi connectivity index (χ1) is 12.7. The summed E-state index contributed by atoms with van der Waals surface area (Å²) in [5.41, 5.74) is 2.63. The second-order valence-electron chi connectivity index (χ2n) is 6.54. The number of fused-ring (bicyclic) bond motifs is 1. The van der Waals surface area contributed by atoms with E-state index in [9.17, 15) is 4.79 Å². The molecule has 5 heteroatoms. The minimum Gasteiger partial charge on any atom is -0.371 e. The van der Waals surface area contributed by atoms with E-state index in [0.717, 1.165) is 34.0 Å². The molecule has 0 aliphatic carbocycles.